The Morgan fingerprint density at radius 1 is 0.313 bits per heavy atom. The van der Waals surface area contributed by atoms with Crippen LogP contribution in [0.25, 0.3) is 105 Å². The molecular formula is C64H42N2O. The van der Waals surface area contributed by atoms with Crippen molar-refractivity contribution in [3.05, 3.63) is 255 Å². The van der Waals surface area contributed by atoms with Crippen LogP contribution in [0.3, 0.4) is 0 Å². The fourth-order valence-corrected chi connectivity index (χ4v) is 10.3. The number of aromatic nitrogens is 1. The second-order valence-corrected chi connectivity index (χ2v) is 17.3. The molecule has 0 atom stereocenters. The predicted molar refractivity (Wildman–Crippen MR) is 282 cm³/mol. The summed E-state index contributed by atoms with van der Waals surface area (Å²) < 4.78 is 8.71. The van der Waals surface area contributed by atoms with Gasteiger partial charge in [0.05, 0.1) is 11.0 Å². The van der Waals surface area contributed by atoms with Crippen molar-refractivity contribution in [2.75, 3.05) is 4.90 Å². The summed E-state index contributed by atoms with van der Waals surface area (Å²) in [7, 11) is 0. The van der Waals surface area contributed by atoms with Crippen molar-refractivity contribution < 1.29 is 4.42 Å². The van der Waals surface area contributed by atoms with Crippen molar-refractivity contribution in [2.45, 2.75) is 0 Å². The number of nitrogens with zero attached hydrogens (tertiary/aromatic N) is 2. The molecule has 0 N–H and O–H groups in total. The largest absolute Gasteiger partial charge is 0.456 e. The minimum absolute atomic E-state index is 0.896. The van der Waals surface area contributed by atoms with Crippen LogP contribution in [0.1, 0.15) is 0 Å². The van der Waals surface area contributed by atoms with E-state index < -0.39 is 0 Å². The lowest BCUT2D eigenvalue weighted by atomic mass is 9.94. The van der Waals surface area contributed by atoms with Gasteiger partial charge in [-0.15, -0.1) is 0 Å². The first-order valence-electron chi connectivity index (χ1n) is 22.9. The Balaban J connectivity index is 0.915. The van der Waals surface area contributed by atoms with E-state index in [1.165, 1.54) is 60.4 Å². The SMILES string of the molecule is c1ccc(-c2ccccc2-c2ccc(N(c3ccc(-c4ccc5c6ccc7ccccc7c6n(-c6ccccc6)c5c4)cc3)c3ccc(-c4cccc5oc6ccccc6c45)cc3)cc2)cc1. The summed E-state index contributed by atoms with van der Waals surface area (Å²) in [5.41, 5.74) is 18.0. The van der Waals surface area contributed by atoms with E-state index in [1.807, 2.05) is 12.1 Å². The van der Waals surface area contributed by atoms with Crippen molar-refractivity contribution in [1.29, 1.82) is 0 Å². The lowest BCUT2D eigenvalue weighted by Crippen LogP contribution is -2.09. The van der Waals surface area contributed by atoms with Gasteiger partial charge in [-0.05, 0) is 117 Å². The van der Waals surface area contributed by atoms with Crippen molar-refractivity contribution >= 4 is 71.6 Å². The third-order valence-corrected chi connectivity index (χ3v) is 13.4. The number of hydrogen-bond acceptors (Lipinski definition) is 2. The van der Waals surface area contributed by atoms with Gasteiger partial charge < -0.3 is 13.9 Å². The van der Waals surface area contributed by atoms with Crippen molar-refractivity contribution in [3.8, 4) is 50.2 Å². The Labute approximate surface area is 388 Å². The molecule has 0 fully saturated rings. The topological polar surface area (TPSA) is 21.3 Å². The highest BCUT2D eigenvalue weighted by Crippen LogP contribution is 2.43. The van der Waals surface area contributed by atoms with Crippen LogP contribution in [0.15, 0.2) is 259 Å². The highest BCUT2D eigenvalue weighted by molar-refractivity contribution is 6.19. The number of rotatable bonds is 8. The average molecular weight is 855 g/mol. The van der Waals surface area contributed by atoms with E-state index in [9.17, 15) is 0 Å². The molecule has 0 aliphatic heterocycles. The van der Waals surface area contributed by atoms with E-state index in [0.29, 0.717) is 0 Å². The van der Waals surface area contributed by atoms with Gasteiger partial charge in [0.15, 0.2) is 0 Å². The lowest BCUT2D eigenvalue weighted by Gasteiger charge is -2.26. The molecule has 67 heavy (non-hydrogen) atoms. The van der Waals surface area contributed by atoms with E-state index >= 15 is 0 Å². The molecule has 11 aromatic carbocycles. The first-order chi connectivity index (χ1) is 33.2. The van der Waals surface area contributed by atoms with Crippen LogP contribution in [0, 0.1) is 0 Å². The van der Waals surface area contributed by atoms with Crippen molar-refractivity contribution in [3.63, 3.8) is 0 Å². The quantitative estimate of drug-likeness (QED) is 0.152. The van der Waals surface area contributed by atoms with Gasteiger partial charge in [-0.3, -0.25) is 0 Å². The van der Waals surface area contributed by atoms with Gasteiger partial charge in [0.25, 0.3) is 0 Å². The summed E-state index contributed by atoms with van der Waals surface area (Å²) in [4.78, 5) is 2.36. The van der Waals surface area contributed by atoms with E-state index in [4.69, 9.17) is 4.42 Å². The Bertz CT molecular complexity index is 3940. The monoisotopic (exact) mass is 854 g/mol. The fraction of sp³-hybridized carbons (Fsp3) is 0. The van der Waals surface area contributed by atoms with Gasteiger partial charge in [-0.1, -0.05) is 188 Å². The summed E-state index contributed by atoms with van der Waals surface area (Å²) in [6, 6.07) is 91.8. The second kappa shape index (κ2) is 16.0. The normalized spacial score (nSPS) is 11.6. The van der Waals surface area contributed by atoms with Gasteiger partial charge in [-0.25, -0.2) is 0 Å². The fourth-order valence-electron chi connectivity index (χ4n) is 10.3. The number of benzene rings is 11. The highest BCUT2D eigenvalue weighted by atomic mass is 16.3. The molecule has 0 aliphatic carbocycles. The molecule has 0 saturated heterocycles. The lowest BCUT2D eigenvalue weighted by molar-refractivity contribution is 0.669. The summed E-state index contributed by atoms with van der Waals surface area (Å²) in [6.45, 7) is 0. The Morgan fingerprint density at radius 3 is 1.52 bits per heavy atom. The van der Waals surface area contributed by atoms with Gasteiger partial charge >= 0.3 is 0 Å². The number of fused-ring (bicyclic) bond motifs is 8. The molecule has 314 valence electrons. The number of furan rings is 1. The zero-order valence-corrected chi connectivity index (χ0v) is 36.6. The van der Waals surface area contributed by atoms with Crippen LogP contribution in [0.2, 0.25) is 0 Å². The molecule has 13 aromatic rings. The molecule has 0 bridgehead atoms. The van der Waals surface area contributed by atoms with Crippen molar-refractivity contribution in [2.24, 2.45) is 0 Å². The second-order valence-electron chi connectivity index (χ2n) is 17.3. The maximum absolute atomic E-state index is 6.27. The molecule has 0 saturated carbocycles. The maximum Gasteiger partial charge on any atom is 0.136 e. The summed E-state index contributed by atoms with van der Waals surface area (Å²) >= 11 is 0. The van der Waals surface area contributed by atoms with Crippen LogP contribution in [0.5, 0.6) is 0 Å². The standard InChI is InChI=1S/C64H42N2O/c1-3-14-44(15-4-1)53-19-9-10-20-54(53)46-28-36-51(37-29-46)65(52-38-30-47(31-39-52)55-23-13-25-62-63(55)59-22-11-12-24-61(59)67-62)50-34-26-43(27-35-50)48-33-40-57-58-41-32-45-16-7-8-21-56(45)64(58)66(60(57)42-48)49-17-5-2-6-18-49/h1-42H. The van der Waals surface area contributed by atoms with Gasteiger partial charge in [0, 0.05) is 49.7 Å². The van der Waals surface area contributed by atoms with Crippen LogP contribution in [-0.2, 0) is 0 Å². The smallest absolute Gasteiger partial charge is 0.136 e. The van der Waals surface area contributed by atoms with Crippen LogP contribution < -0.4 is 4.90 Å². The van der Waals surface area contributed by atoms with E-state index in [1.54, 1.807) is 0 Å². The number of para-hydroxylation sites is 2. The molecule has 3 heteroatoms. The Hall–Kier alpha value is -8.92. The van der Waals surface area contributed by atoms with Crippen molar-refractivity contribution in [1.82, 2.24) is 4.57 Å². The molecular weight excluding hydrogens is 813 g/mol. The molecule has 0 amide bonds. The number of anilines is 3. The summed E-state index contributed by atoms with van der Waals surface area (Å²) in [6.07, 6.45) is 0. The molecule has 2 aromatic heterocycles. The zero-order chi connectivity index (χ0) is 44.3. The molecule has 0 unspecified atom stereocenters. The molecule has 13 rings (SSSR count). The van der Waals surface area contributed by atoms with E-state index in [0.717, 1.165) is 61.4 Å². The third kappa shape index (κ3) is 6.59. The average Bonchev–Trinajstić information content (AvgIpc) is 3.96. The zero-order valence-electron chi connectivity index (χ0n) is 36.6. The number of hydrogen-bond donors (Lipinski definition) is 0. The third-order valence-electron chi connectivity index (χ3n) is 13.4. The predicted octanol–water partition coefficient (Wildman–Crippen LogP) is 18.0. The Kier molecular flexibility index (Phi) is 9.17. The molecule has 0 radical (unpaired) electrons. The molecule has 0 spiro atoms. The minimum Gasteiger partial charge on any atom is -0.456 e. The summed E-state index contributed by atoms with van der Waals surface area (Å²) in [5, 5.41) is 7.25. The van der Waals surface area contributed by atoms with Gasteiger partial charge in [0.1, 0.15) is 11.2 Å². The molecule has 2 heterocycles. The van der Waals surface area contributed by atoms with Crippen LogP contribution in [-0.4, -0.2) is 4.57 Å². The first kappa shape index (κ1) is 38.5. The van der Waals surface area contributed by atoms with E-state index in [-0.39, 0.29) is 0 Å². The highest BCUT2D eigenvalue weighted by Gasteiger charge is 2.19. The maximum atomic E-state index is 6.27. The van der Waals surface area contributed by atoms with Gasteiger partial charge in [0.2, 0.25) is 0 Å². The summed E-state index contributed by atoms with van der Waals surface area (Å²) in [5.74, 6) is 0. The van der Waals surface area contributed by atoms with Gasteiger partial charge in [-0.2, -0.15) is 0 Å². The molecule has 0 aliphatic rings. The Morgan fingerprint density at radius 2 is 0.821 bits per heavy atom. The first-order valence-corrected chi connectivity index (χ1v) is 22.9. The molecule has 3 nitrogen and oxygen atoms in total. The van der Waals surface area contributed by atoms with Crippen LogP contribution in [0.4, 0.5) is 17.1 Å². The minimum atomic E-state index is 0.896. The van der Waals surface area contributed by atoms with E-state index in [2.05, 4.69) is 252 Å². The van der Waals surface area contributed by atoms with Crippen LogP contribution >= 0.6 is 0 Å².